The molecule has 1 fully saturated rings. The fourth-order valence-corrected chi connectivity index (χ4v) is 6.66. The Hall–Kier alpha value is -2.78. The molecule has 2 aromatic carbocycles. The van der Waals surface area contributed by atoms with Gasteiger partial charge in [0.15, 0.2) is 0 Å². The highest BCUT2D eigenvalue weighted by atomic mass is 32.2. The van der Waals surface area contributed by atoms with Gasteiger partial charge in [-0.25, -0.2) is 8.42 Å². The molecule has 35 heavy (non-hydrogen) atoms. The van der Waals surface area contributed by atoms with Gasteiger partial charge in [0.25, 0.3) is 0 Å². The first kappa shape index (κ1) is 23.9. The Morgan fingerprint density at radius 2 is 1.97 bits per heavy atom. The summed E-state index contributed by atoms with van der Waals surface area (Å²) in [5.41, 5.74) is 1.35. The molecule has 1 aliphatic heterocycles. The van der Waals surface area contributed by atoms with Gasteiger partial charge in [-0.05, 0) is 54.1 Å². The third kappa shape index (κ3) is 5.73. The summed E-state index contributed by atoms with van der Waals surface area (Å²) in [4.78, 5) is 5.88. The lowest BCUT2D eigenvalue weighted by Crippen LogP contribution is -2.37. The molecule has 0 bridgehead atoms. The van der Waals surface area contributed by atoms with E-state index in [2.05, 4.69) is 16.4 Å². The molecular weight excluding hydrogens is 480 g/mol. The molecule has 2 aromatic heterocycles. The minimum Gasteiger partial charge on any atom is -0.493 e. The van der Waals surface area contributed by atoms with E-state index in [1.54, 1.807) is 29.7 Å². The van der Waals surface area contributed by atoms with Crippen LogP contribution in [0.25, 0.3) is 10.9 Å². The fourth-order valence-electron chi connectivity index (χ4n) is 4.35. The van der Waals surface area contributed by atoms with E-state index >= 15 is 0 Å². The maximum absolute atomic E-state index is 13.9. The first-order valence-electron chi connectivity index (χ1n) is 11.8. The minimum atomic E-state index is -3.82. The third-order valence-corrected chi connectivity index (χ3v) is 8.88. The molecule has 0 spiro atoms. The largest absolute Gasteiger partial charge is 0.493 e. The Kier molecular flexibility index (Phi) is 7.43. The van der Waals surface area contributed by atoms with Crippen LogP contribution in [-0.2, 0) is 27.7 Å². The van der Waals surface area contributed by atoms with Crippen LogP contribution in [0.1, 0.15) is 23.3 Å². The van der Waals surface area contributed by atoms with Gasteiger partial charge in [-0.1, -0.05) is 36.4 Å². The van der Waals surface area contributed by atoms with Crippen molar-refractivity contribution in [1.29, 1.82) is 0 Å². The van der Waals surface area contributed by atoms with Gasteiger partial charge >= 0.3 is 0 Å². The monoisotopic (exact) mass is 508 g/mol. The molecule has 1 aliphatic rings. The molecule has 8 heteroatoms. The highest BCUT2D eigenvalue weighted by molar-refractivity contribution is 7.89. The Balaban J connectivity index is 1.39. The van der Waals surface area contributed by atoms with E-state index in [-0.39, 0.29) is 17.5 Å². The number of rotatable bonds is 10. The molecule has 182 valence electrons. The molecule has 1 saturated heterocycles. The smallest absolute Gasteiger partial charge is 0.245 e. The second kappa shape index (κ2) is 10.9. The Morgan fingerprint density at radius 1 is 1.09 bits per heavy atom. The summed E-state index contributed by atoms with van der Waals surface area (Å²) in [5.74, 6) is 0.736. The summed E-state index contributed by atoms with van der Waals surface area (Å²) < 4.78 is 41.2. The van der Waals surface area contributed by atoms with E-state index < -0.39 is 10.0 Å². The second-order valence-electron chi connectivity index (χ2n) is 8.59. The van der Waals surface area contributed by atoms with Gasteiger partial charge in [0.1, 0.15) is 10.6 Å². The van der Waals surface area contributed by atoms with Gasteiger partial charge in [0.05, 0.1) is 18.2 Å². The van der Waals surface area contributed by atoms with E-state index in [4.69, 9.17) is 9.47 Å². The van der Waals surface area contributed by atoms with Crippen LogP contribution in [0, 0.1) is 0 Å². The van der Waals surface area contributed by atoms with Crippen LogP contribution in [0.4, 0.5) is 0 Å². The molecule has 4 aromatic rings. The minimum absolute atomic E-state index is 0.113. The lowest BCUT2D eigenvalue weighted by atomic mass is 10.2. The zero-order chi connectivity index (χ0) is 24.1. The molecular formula is C27H28N2O4S2. The van der Waals surface area contributed by atoms with Crippen molar-refractivity contribution in [2.75, 3.05) is 19.8 Å². The standard InChI is InChI=1S/C27H28N2O4S2/c30-35(31,26-12-2-7-22-8-3-14-28-27(22)26)29(20-24-10-4-15-32-24)19-21-6-1-9-23(18-21)33-16-13-25-11-5-17-34-25/h1-3,5-9,11-12,14,17-18,24H,4,10,13,15-16,19-20H2. The van der Waals surface area contributed by atoms with Crippen LogP contribution in [0.2, 0.25) is 0 Å². The van der Waals surface area contributed by atoms with Crippen molar-refractivity contribution < 1.29 is 17.9 Å². The van der Waals surface area contributed by atoms with Crippen molar-refractivity contribution in [3.05, 3.63) is 88.7 Å². The van der Waals surface area contributed by atoms with Gasteiger partial charge in [-0.3, -0.25) is 4.98 Å². The fraction of sp³-hybridized carbons (Fsp3) is 0.296. The third-order valence-electron chi connectivity index (χ3n) is 6.10. The number of hydrogen-bond donors (Lipinski definition) is 0. The highest BCUT2D eigenvalue weighted by Gasteiger charge is 2.31. The molecule has 5 rings (SSSR count). The number of thiophene rings is 1. The summed E-state index contributed by atoms with van der Waals surface area (Å²) in [6.45, 7) is 1.77. The zero-order valence-corrected chi connectivity index (χ0v) is 21.0. The summed E-state index contributed by atoms with van der Waals surface area (Å²) in [7, 11) is -3.82. The number of aromatic nitrogens is 1. The Morgan fingerprint density at radius 3 is 2.80 bits per heavy atom. The maximum atomic E-state index is 13.9. The Labute approximate surface area is 210 Å². The number of sulfonamides is 1. The average molecular weight is 509 g/mol. The van der Waals surface area contributed by atoms with E-state index in [1.165, 1.54) is 9.18 Å². The van der Waals surface area contributed by atoms with Gasteiger partial charge in [-0.15, -0.1) is 11.3 Å². The number of nitrogens with zero attached hydrogens (tertiary/aromatic N) is 2. The first-order chi connectivity index (χ1) is 17.1. The van der Waals surface area contributed by atoms with Crippen molar-refractivity contribution in [2.45, 2.75) is 36.8 Å². The van der Waals surface area contributed by atoms with Crippen LogP contribution < -0.4 is 4.74 Å². The van der Waals surface area contributed by atoms with Crippen molar-refractivity contribution in [3.8, 4) is 5.75 Å². The van der Waals surface area contributed by atoms with Gasteiger partial charge in [-0.2, -0.15) is 4.31 Å². The molecule has 0 N–H and O–H groups in total. The predicted octanol–water partition coefficient (Wildman–Crippen LogP) is 5.29. The molecule has 0 radical (unpaired) electrons. The van der Waals surface area contributed by atoms with Crippen LogP contribution in [0.5, 0.6) is 5.75 Å². The summed E-state index contributed by atoms with van der Waals surface area (Å²) >= 11 is 1.72. The number of hydrogen-bond acceptors (Lipinski definition) is 6. The maximum Gasteiger partial charge on any atom is 0.245 e. The zero-order valence-electron chi connectivity index (χ0n) is 19.4. The van der Waals surface area contributed by atoms with E-state index in [0.717, 1.165) is 36.0 Å². The number of fused-ring (bicyclic) bond motifs is 1. The molecule has 0 amide bonds. The van der Waals surface area contributed by atoms with Crippen molar-refractivity contribution in [2.24, 2.45) is 0 Å². The van der Waals surface area contributed by atoms with Gasteiger partial charge < -0.3 is 9.47 Å². The normalized spacial score (nSPS) is 16.2. The second-order valence-corrected chi connectivity index (χ2v) is 11.5. The summed E-state index contributed by atoms with van der Waals surface area (Å²) in [6.07, 6.45) is 4.16. The average Bonchev–Trinajstić information content (AvgIpc) is 3.58. The van der Waals surface area contributed by atoms with Crippen LogP contribution in [0.15, 0.2) is 83.2 Å². The van der Waals surface area contributed by atoms with Crippen molar-refractivity contribution in [1.82, 2.24) is 9.29 Å². The van der Waals surface area contributed by atoms with Crippen LogP contribution in [-0.4, -0.2) is 43.6 Å². The summed E-state index contributed by atoms with van der Waals surface area (Å²) in [6, 6.07) is 20.8. The molecule has 6 nitrogen and oxygen atoms in total. The quantitative estimate of drug-likeness (QED) is 0.291. The van der Waals surface area contributed by atoms with E-state index in [1.807, 2.05) is 48.5 Å². The summed E-state index contributed by atoms with van der Waals surface area (Å²) in [5, 5.41) is 2.86. The van der Waals surface area contributed by atoms with Crippen molar-refractivity contribution >= 4 is 32.3 Å². The van der Waals surface area contributed by atoms with Crippen LogP contribution >= 0.6 is 11.3 Å². The number of ether oxygens (including phenoxy) is 2. The number of pyridine rings is 1. The SMILES string of the molecule is O=S(=O)(c1cccc2cccnc12)N(Cc1cccc(OCCc2cccs2)c1)CC1CCCO1. The molecule has 0 saturated carbocycles. The van der Waals surface area contributed by atoms with Crippen molar-refractivity contribution in [3.63, 3.8) is 0 Å². The molecule has 3 heterocycles. The molecule has 0 aliphatic carbocycles. The molecule has 1 unspecified atom stereocenters. The Bertz CT molecular complexity index is 1360. The first-order valence-corrected chi connectivity index (χ1v) is 14.1. The van der Waals surface area contributed by atoms with E-state index in [0.29, 0.717) is 25.3 Å². The van der Waals surface area contributed by atoms with Gasteiger partial charge in [0, 0.05) is 42.6 Å². The lowest BCUT2D eigenvalue weighted by Gasteiger charge is -2.25. The lowest BCUT2D eigenvalue weighted by molar-refractivity contribution is 0.0926. The number of para-hydroxylation sites is 1. The topological polar surface area (TPSA) is 68.7 Å². The number of benzene rings is 2. The highest BCUT2D eigenvalue weighted by Crippen LogP contribution is 2.27. The van der Waals surface area contributed by atoms with Crippen LogP contribution in [0.3, 0.4) is 0 Å². The predicted molar refractivity (Wildman–Crippen MR) is 138 cm³/mol. The van der Waals surface area contributed by atoms with E-state index in [9.17, 15) is 8.42 Å². The molecule has 1 atom stereocenters. The van der Waals surface area contributed by atoms with Gasteiger partial charge in [0.2, 0.25) is 10.0 Å².